The molecule has 0 saturated heterocycles. The number of carboxylic acids is 1. The van der Waals surface area contributed by atoms with Crippen LogP contribution in [0, 0.1) is 0 Å². The minimum atomic E-state index is -0.927. The number of aromatic carboxylic acids is 1. The number of nitrogens with one attached hydrogen (secondary N) is 1. The van der Waals surface area contributed by atoms with Gasteiger partial charge in [0.1, 0.15) is 5.82 Å². The van der Waals surface area contributed by atoms with Crippen LogP contribution in [0.2, 0.25) is 0 Å². The SMILES string of the molecule is CCNc1ccc2c(C(=O)O)cccc2n1. The molecule has 82 valence electrons. The third kappa shape index (κ3) is 1.82. The maximum Gasteiger partial charge on any atom is 0.336 e. The van der Waals surface area contributed by atoms with Gasteiger partial charge in [0.2, 0.25) is 0 Å². The number of anilines is 1. The fraction of sp³-hybridized carbons (Fsp3) is 0.167. The summed E-state index contributed by atoms with van der Waals surface area (Å²) < 4.78 is 0. The zero-order valence-corrected chi connectivity index (χ0v) is 8.90. The smallest absolute Gasteiger partial charge is 0.336 e. The highest BCUT2D eigenvalue weighted by Crippen LogP contribution is 2.19. The Kier molecular flexibility index (Phi) is 2.72. The average Bonchev–Trinajstić information content (AvgIpc) is 2.28. The zero-order valence-electron chi connectivity index (χ0n) is 8.90. The molecule has 0 atom stereocenters. The predicted molar refractivity (Wildman–Crippen MR) is 62.9 cm³/mol. The van der Waals surface area contributed by atoms with Crippen LogP contribution < -0.4 is 5.32 Å². The molecule has 4 heteroatoms. The molecule has 0 spiro atoms. The number of rotatable bonds is 3. The molecule has 0 aliphatic rings. The number of pyridine rings is 1. The molecule has 1 aromatic heterocycles. The Bertz CT molecular complexity index is 538. The molecular formula is C12H12N2O2. The van der Waals surface area contributed by atoms with Crippen molar-refractivity contribution in [2.75, 3.05) is 11.9 Å². The van der Waals surface area contributed by atoms with Crippen LogP contribution in [0.1, 0.15) is 17.3 Å². The summed E-state index contributed by atoms with van der Waals surface area (Å²) in [6.07, 6.45) is 0. The zero-order chi connectivity index (χ0) is 11.5. The molecule has 16 heavy (non-hydrogen) atoms. The number of carboxylic acid groups (broad SMARTS) is 1. The molecule has 0 bridgehead atoms. The topological polar surface area (TPSA) is 62.2 Å². The van der Waals surface area contributed by atoms with E-state index in [-0.39, 0.29) is 5.56 Å². The third-order valence-corrected chi connectivity index (χ3v) is 2.32. The van der Waals surface area contributed by atoms with E-state index in [1.165, 1.54) is 0 Å². The average molecular weight is 216 g/mol. The van der Waals surface area contributed by atoms with E-state index in [1.807, 2.05) is 13.0 Å². The minimum absolute atomic E-state index is 0.285. The summed E-state index contributed by atoms with van der Waals surface area (Å²) in [5.74, 6) is -0.166. The highest BCUT2D eigenvalue weighted by Gasteiger charge is 2.08. The van der Waals surface area contributed by atoms with Crippen LogP contribution in [0.15, 0.2) is 30.3 Å². The predicted octanol–water partition coefficient (Wildman–Crippen LogP) is 2.36. The number of benzene rings is 1. The summed E-state index contributed by atoms with van der Waals surface area (Å²) in [4.78, 5) is 15.3. The maximum atomic E-state index is 11.0. The second kappa shape index (κ2) is 4.18. The highest BCUT2D eigenvalue weighted by atomic mass is 16.4. The first-order valence-corrected chi connectivity index (χ1v) is 5.09. The van der Waals surface area contributed by atoms with Crippen LogP contribution in [0.3, 0.4) is 0 Å². The lowest BCUT2D eigenvalue weighted by Crippen LogP contribution is -2.01. The number of fused-ring (bicyclic) bond motifs is 1. The molecule has 0 fully saturated rings. The van der Waals surface area contributed by atoms with E-state index < -0.39 is 5.97 Å². The number of nitrogens with zero attached hydrogens (tertiary/aromatic N) is 1. The number of hydrogen-bond donors (Lipinski definition) is 2. The number of carbonyl (C=O) groups is 1. The number of aromatic nitrogens is 1. The van der Waals surface area contributed by atoms with Crippen molar-refractivity contribution < 1.29 is 9.90 Å². The summed E-state index contributed by atoms with van der Waals surface area (Å²) in [5.41, 5.74) is 0.978. The van der Waals surface area contributed by atoms with Gasteiger partial charge in [-0.3, -0.25) is 0 Å². The van der Waals surface area contributed by atoms with Crippen molar-refractivity contribution in [2.45, 2.75) is 6.92 Å². The van der Waals surface area contributed by atoms with E-state index in [0.717, 1.165) is 12.4 Å². The molecular weight excluding hydrogens is 204 g/mol. The Hall–Kier alpha value is -2.10. The Labute approximate surface area is 92.9 Å². The molecule has 0 aliphatic carbocycles. The summed E-state index contributed by atoms with van der Waals surface area (Å²) in [7, 11) is 0. The molecule has 0 saturated carbocycles. The van der Waals surface area contributed by atoms with Gasteiger partial charge in [-0.1, -0.05) is 6.07 Å². The van der Waals surface area contributed by atoms with Gasteiger partial charge in [0.25, 0.3) is 0 Å². The van der Waals surface area contributed by atoms with E-state index in [0.29, 0.717) is 10.9 Å². The van der Waals surface area contributed by atoms with Gasteiger partial charge in [-0.2, -0.15) is 0 Å². The van der Waals surface area contributed by atoms with Crippen LogP contribution in [-0.4, -0.2) is 22.6 Å². The standard InChI is InChI=1S/C12H12N2O2/c1-2-13-11-7-6-8-9(12(15)16)4-3-5-10(8)14-11/h3-7H,2H2,1H3,(H,13,14)(H,15,16). The van der Waals surface area contributed by atoms with E-state index in [2.05, 4.69) is 10.3 Å². The second-order valence-corrected chi connectivity index (χ2v) is 3.40. The van der Waals surface area contributed by atoms with Crippen LogP contribution in [0.25, 0.3) is 10.9 Å². The summed E-state index contributed by atoms with van der Waals surface area (Å²) in [6, 6.07) is 8.67. The monoisotopic (exact) mass is 216 g/mol. The van der Waals surface area contributed by atoms with Crippen LogP contribution >= 0.6 is 0 Å². The van der Waals surface area contributed by atoms with Crippen LogP contribution in [0.4, 0.5) is 5.82 Å². The molecule has 2 aromatic rings. The van der Waals surface area contributed by atoms with E-state index in [4.69, 9.17) is 5.11 Å². The Balaban J connectivity index is 2.59. The molecule has 0 aliphatic heterocycles. The van der Waals surface area contributed by atoms with Crippen molar-refractivity contribution in [2.24, 2.45) is 0 Å². The van der Waals surface area contributed by atoms with Crippen molar-refractivity contribution in [3.05, 3.63) is 35.9 Å². The molecule has 0 unspecified atom stereocenters. The summed E-state index contributed by atoms with van der Waals surface area (Å²) in [5, 5.41) is 12.8. The summed E-state index contributed by atoms with van der Waals surface area (Å²) in [6.45, 7) is 2.77. The van der Waals surface area contributed by atoms with Crippen molar-refractivity contribution in [1.29, 1.82) is 0 Å². The Morgan fingerprint density at radius 2 is 2.19 bits per heavy atom. The normalized spacial score (nSPS) is 10.3. The minimum Gasteiger partial charge on any atom is -0.478 e. The van der Waals surface area contributed by atoms with Gasteiger partial charge < -0.3 is 10.4 Å². The van der Waals surface area contributed by atoms with Crippen LogP contribution in [-0.2, 0) is 0 Å². The van der Waals surface area contributed by atoms with Gasteiger partial charge in [0.05, 0.1) is 11.1 Å². The van der Waals surface area contributed by atoms with Gasteiger partial charge in [-0.15, -0.1) is 0 Å². The fourth-order valence-electron chi connectivity index (χ4n) is 1.62. The number of hydrogen-bond acceptors (Lipinski definition) is 3. The Morgan fingerprint density at radius 3 is 2.88 bits per heavy atom. The molecule has 4 nitrogen and oxygen atoms in total. The van der Waals surface area contributed by atoms with Gasteiger partial charge in [-0.25, -0.2) is 9.78 Å². The van der Waals surface area contributed by atoms with Crippen molar-refractivity contribution in [3.63, 3.8) is 0 Å². The molecule has 0 amide bonds. The summed E-state index contributed by atoms with van der Waals surface area (Å²) >= 11 is 0. The first-order valence-electron chi connectivity index (χ1n) is 5.09. The van der Waals surface area contributed by atoms with Crippen molar-refractivity contribution in [1.82, 2.24) is 4.98 Å². The lowest BCUT2D eigenvalue weighted by molar-refractivity contribution is 0.0699. The molecule has 0 radical (unpaired) electrons. The van der Waals surface area contributed by atoms with E-state index >= 15 is 0 Å². The van der Waals surface area contributed by atoms with E-state index in [9.17, 15) is 4.79 Å². The lowest BCUT2D eigenvalue weighted by atomic mass is 10.1. The lowest BCUT2D eigenvalue weighted by Gasteiger charge is -2.05. The molecule has 1 heterocycles. The fourth-order valence-corrected chi connectivity index (χ4v) is 1.62. The van der Waals surface area contributed by atoms with Gasteiger partial charge >= 0.3 is 5.97 Å². The van der Waals surface area contributed by atoms with Gasteiger partial charge in [0, 0.05) is 11.9 Å². The van der Waals surface area contributed by atoms with Crippen LogP contribution in [0.5, 0.6) is 0 Å². The van der Waals surface area contributed by atoms with Crippen molar-refractivity contribution >= 4 is 22.7 Å². The molecule has 2 rings (SSSR count). The highest BCUT2D eigenvalue weighted by molar-refractivity contribution is 6.02. The Morgan fingerprint density at radius 1 is 1.38 bits per heavy atom. The van der Waals surface area contributed by atoms with Gasteiger partial charge in [0.15, 0.2) is 0 Å². The van der Waals surface area contributed by atoms with Gasteiger partial charge in [-0.05, 0) is 31.2 Å². The first kappa shape index (κ1) is 10.4. The molecule has 2 N–H and O–H groups in total. The molecule has 1 aromatic carbocycles. The van der Waals surface area contributed by atoms with Crippen molar-refractivity contribution in [3.8, 4) is 0 Å². The largest absolute Gasteiger partial charge is 0.478 e. The third-order valence-electron chi connectivity index (χ3n) is 2.32. The first-order chi connectivity index (χ1) is 7.72. The van der Waals surface area contributed by atoms with E-state index in [1.54, 1.807) is 24.3 Å². The quantitative estimate of drug-likeness (QED) is 0.826. The second-order valence-electron chi connectivity index (χ2n) is 3.40. The maximum absolute atomic E-state index is 11.0.